The molecule has 2 aliphatic heterocycles. The van der Waals surface area contributed by atoms with E-state index in [1.807, 2.05) is 17.0 Å². The van der Waals surface area contributed by atoms with Gasteiger partial charge in [0.1, 0.15) is 5.82 Å². The molecule has 1 atom stereocenters. The van der Waals surface area contributed by atoms with Gasteiger partial charge < -0.3 is 9.80 Å². The number of hydrogen-bond donors (Lipinski definition) is 0. The number of anilines is 1. The summed E-state index contributed by atoms with van der Waals surface area (Å²) in [4.78, 5) is 24.0. The van der Waals surface area contributed by atoms with Gasteiger partial charge in [0.2, 0.25) is 0 Å². The Morgan fingerprint density at radius 1 is 1.07 bits per heavy atom. The first kappa shape index (κ1) is 19.0. The normalized spacial score (nSPS) is 20.6. The van der Waals surface area contributed by atoms with Crippen LogP contribution in [0.3, 0.4) is 0 Å². The number of hydrogen-bond acceptors (Lipinski definition) is 5. The molecule has 7 nitrogen and oxygen atoms in total. The number of halogens is 1. The molecule has 8 heteroatoms. The Balaban J connectivity index is 1.21. The lowest BCUT2D eigenvalue weighted by Gasteiger charge is -2.43. The van der Waals surface area contributed by atoms with E-state index in [-0.39, 0.29) is 11.7 Å². The molecule has 1 unspecified atom stereocenters. The number of nitrogens with zero attached hydrogens (tertiary/aromatic N) is 6. The molecule has 0 spiro atoms. The van der Waals surface area contributed by atoms with Gasteiger partial charge >= 0.3 is 0 Å². The van der Waals surface area contributed by atoms with Crippen molar-refractivity contribution < 1.29 is 9.18 Å². The van der Waals surface area contributed by atoms with Crippen molar-refractivity contribution in [2.75, 3.05) is 44.2 Å². The number of rotatable bonds is 3. The molecule has 156 valence electrons. The predicted octanol–water partition coefficient (Wildman–Crippen LogP) is 2.30. The number of carbonyl (C=O) groups excluding carboxylic acids is 1. The van der Waals surface area contributed by atoms with E-state index in [1.54, 1.807) is 29.0 Å². The first-order valence-electron chi connectivity index (χ1n) is 10.5. The van der Waals surface area contributed by atoms with Crippen LogP contribution >= 0.6 is 0 Å². The van der Waals surface area contributed by atoms with Crippen LogP contribution in [0.4, 0.5) is 10.1 Å². The molecular weight excluding hydrogens is 383 g/mol. The van der Waals surface area contributed by atoms with Gasteiger partial charge in [-0.2, -0.15) is 5.10 Å². The molecule has 2 aliphatic rings. The van der Waals surface area contributed by atoms with Gasteiger partial charge in [0.25, 0.3) is 5.91 Å². The zero-order valence-corrected chi connectivity index (χ0v) is 16.8. The quantitative estimate of drug-likeness (QED) is 0.666. The molecule has 0 aliphatic carbocycles. The topological polar surface area (TPSA) is 57.0 Å². The van der Waals surface area contributed by atoms with Crippen molar-refractivity contribution in [2.24, 2.45) is 0 Å². The molecule has 3 aromatic rings. The molecule has 2 fully saturated rings. The minimum atomic E-state index is -0.203. The van der Waals surface area contributed by atoms with Crippen molar-refractivity contribution in [3.05, 3.63) is 60.3 Å². The summed E-state index contributed by atoms with van der Waals surface area (Å²) < 4.78 is 14.8. The van der Waals surface area contributed by atoms with Crippen LogP contribution in [0.25, 0.3) is 5.65 Å². The largest absolute Gasteiger partial charge is 0.369 e. The van der Waals surface area contributed by atoms with E-state index in [9.17, 15) is 9.18 Å². The van der Waals surface area contributed by atoms with Crippen molar-refractivity contribution in [3.63, 3.8) is 0 Å². The summed E-state index contributed by atoms with van der Waals surface area (Å²) >= 11 is 0. The van der Waals surface area contributed by atoms with E-state index < -0.39 is 0 Å². The Kier molecular flexibility index (Phi) is 5.08. The summed E-state index contributed by atoms with van der Waals surface area (Å²) in [5.41, 5.74) is 2.21. The highest BCUT2D eigenvalue weighted by atomic mass is 19.1. The standard InChI is InChI=1S/C22H25FN6O/c23-17-4-6-18(7-5-17)26-11-13-27(14-12-26)19-3-1-9-28(16-19)22(30)20-15-21-24-8-2-10-29(21)25-20/h2,4-8,10,15,19H,1,3,9,11-14,16H2. The molecule has 2 saturated heterocycles. The Labute approximate surface area is 174 Å². The van der Waals surface area contributed by atoms with Gasteiger partial charge in [0.15, 0.2) is 11.3 Å². The third-order valence-electron chi connectivity index (χ3n) is 6.16. The third kappa shape index (κ3) is 3.75. The first-order valence-corrected chi connectivity index (χ1v) is 10.5. The van der Waals surface area contributed by atoms with Gasteiger partial charge in [-0.15, -0.1) is 0 Å². The number of aromatic nitrogens is 3. The van der Waals surface area contributed by atoms with Crippen LogP contribution in [0, 0.1) is 5.82 Å². The summed E-state index contributed by atoms with van der Waals surface area (Å²) in [5, 5.41) is 4.39. The third-order valence-corrected chi connectivity index (χ3v) is 6.16. The fourth-order valence-corrected chi connectivity index (χ4v) is 4.53. The lowest BCUT2D eigenvalue weighted by atomic mass is 10.0. The number of piperazine rings is 1. The van der Waals surface area contributed by atoms with Crippen LogP contribution in [-0.4, -0.2) is 75.6 Å². The molecule has 1 amide bonds. The molecule has 0 N–H and O–H groups in total. The molecule has 0 bridgehead atoms. The van der Waals surface area contributed by atoms with Crippen LogP contribution in [0.15, 0.2) is 48.8 Å². The SMILES string of the molecule is O=C(c1cc2ncccn2n1)N1CCCC(N2CCN(c3ccc(F)cc3)CC2)C1. The van der Waals surface area contributed by atoms with Gasteiger partial charge in [0.05, 0.1) is 0 Å². The van der Waals surface area contributed by atoms with Crippen LogP contribution in [-0.2, 0) is 0 Å². The van der Waals surface area contributed by atoms with Crippen molar-refractivity contribution in [2.45, 2.75) is 18.9 Å². The van der Waals surface area contributed by atoms with Gasteiger partial charge in [-0.1, -0.05) is 0 Å². The molecule has 2 aromatic heterocycles. The second-order valence-electron chi connectivity index (χ2n) is 8.00. The average Bonchev–Trinajstić information content (AvgIpc) is 3.24. The molecule has 4 heterocycles. The highest BCUT2D eigenvalue weighted by Gasteiger charge is 2.31. The summed E-state index contributed by atoms with van der Waals surface area (Å²) in [6.45, 7) is 5.22. The second kappa shape index (κ2) is 8.02. The van der Waals surface area contributed by atoms with E-state index in [4.69, 9.17) is 0 Å². The summed E-state index contributed by atoms with van der Waals surface area (Å²) in [7, 11) is 0. The van der Waals surface area contributed by atoms with Crippen molar-refractivity contribution in [3.8, 4) is 0 Å². The highest BCUT2D eigenvalue weighted by Crippen LogP contribution is 2.22. The first-order chi connectivity index (χ1) is 14.7. The van der Waals surface area contributed by atoms with E-state index in [0.717, 1.165) is 57.8 Å². The average molecular weight is 408 g/mol. The lowest BCUT2D eigenvalue weighted by molar-refractivity contribution is 0.0558. The minimum absolute atomic E-state index is 0.0184. The van der Waals surface area contributed by atoms with Gasteiger partial charge in [-0.05, 0) is 43.2 Å². The number of piperidine rings is 1. The maximum atomic E-state index is 13.2. The summed E-state index contributed by atoms with van der Waals surface area (Å²) in [6, 6.07) is 10.6. The van der Waals surface area contributed by atoms with Gasteiger partial charge in [-0.25, -0.2) is 13.9 Å². The fourth-order valence-electron chi connectivity index (χ4n) is 4.53. The molecular formula is C22H25FN6O. The Hall–Kier alpha value is -3.00. The van der Waals surface area contributed by atoms with E-state index in [2.05, 4.69) is 19.9 Å². The number of benzene rings is 1. The van der Waals surface area contributed by atoms with Crippen LogP contribution in [0.5, 0.6) is 0 Å². The zero-order chi connectivity index (χ0) is 20.5. The van der Waals surface area contributed by atoms with Crippen LogP contribution in [0.2, 0.25) is 0 Å². The number of fused-ring (bicyclic) bond motifs is 1. The molecule has 1 aromatic carbocycles. The van der Waals surface area contributed by atoms with Crippen LogP contribution in [0.1, 0.15) is 23.3 Å². The summed E-state index contributed by atoms with van der Waals surface area (Å²) in [6.07, 6.45) is 5.61. The fraction of sp³-hybridized carbons (Fsp3) is 0.409. The van der Waals surface area contributed by atoms with Crippen molar-refractivity contribution >= 4 is 17.2 Å². The maximum Gasteiger partial charge on any atom is 0.274 e. The van der Waals surface area contributed by atoms with E-state index in [0.29, 0.717) is 17.4 Å². The maximum absolute atomic E-state index is 13.2. The monoisotopic (exact) mass is 408 g/mol. The Bertz CT molecular complexity index is 995. The molecule has 0 radical (unpaired) electrons. The summed E-state index contributed by atoms with van der Waals surface area (Å²) in [5.74, 6) is -0.221. The minimum Gasteiger partial charge on any atom is -0.369 e. The number of amides is 1. The van der Waals surface area contributed by atoms with Gasteiger partial charge in [0, 0.05) is 69.5 Å². The Morgan fingerprint density at radius 3 is 2.63 bits per heavy atom. The van der Waals surface area contributed by atoms with Crippen LogP contribution < -0.4 is 4.90 Å². The van der Waals surface area contributed by atoms with E-state index >= 15 is 0 Å². The van der Waals surface area contributed by atoms with E-state index in [1.165, 1.54) is 12.1 Å². The highest BCUT2D eigenvalue weighted by molar-refractivity contribution is 5.93. The number of carbonyl (C=O) groups is 1. The van der Waals surface area contributed by atoms with Crippen molar-refractivity contribution in [1.29, 1.82) is 0 Å². The number of likely N-dealkylation sites (tertiary alicyclic amines) is 1. The smallest absolute Gasteiger partial charge is 0.274 e. The lowest BCUT2D eigenvalue weighted by Crippen LogP contribution is -2.55. The second-order valence-corrected chi connectivity index (χ2v) is 8.00. The van der Waals surface area contributed by atoms with Crippen molar-refractivity contribution in [1.82, 2.24) is 24.4 Å². The molecule has 5 rings (SSSR count). The zero-order valence-electron chi connectivity index (χ0n) is 16.8. The molecule has 0 saturated carbocycles. The Morgan fingerprint density at radius 2 is 1.87 bits per heavy atom. The predicted molar refractivity (Wildman–Crippen MR) is 112 cm³/mol. The molecule has 30 heavy (non-hydrogen) atoms. The van der Waals surface area contributed by atoms with Gasteiger partial charge in [-0.3, -0.25) is 9.69 Å².